The molecule has 0 spiro atoms. The van der Waals surface area contributed by atoms with Gasteiger partial charge in [-0.3, -0.25) is 4.79 Å². The number of carbonyl (C=O) groups excluding carboxylic acids is 1. The summed E-state index contributed by atoms with van der Waals surface area (Å²) in [4.78, 5) is 23.5. The lowest BCUT2D eigenvalue weighted by atomic mass is 9.80. The first-order valence-corrected chi connectivity index (χ1v) is 6.59. The van der Waals surface area contributed by atoms with E-state index in [4.69, 9.17) is 0 Å². The lowest BCUT2D eigenvalue weighted by molar-refractivity contribution is -0.146. The zero-order valence-corrected chi connectivity index (χ0v) is 12.0. The largest absolute Gasteiger partial charge is 0.480 e. The zero-order valence-electron chi connectivity index (χ0n) is 12.0. The third kappa shape index (κ3) is 3.24. The highest BCUT2D eigenvalue weighted by molar-refractivity contribution is 5.86. The van der Waals surface area contributed by atoms with E-state index in [1.807, 2.05) is 20.8 Å². The highest BCUT2D eigenvalue weighted by Gasteiger charge is 2.42. The second kappa shape index (κ2) is 4.90. The van der Waals surface area contributed by atoms with Crippen LogP contribution in [0, 0.1) is 16.7 Å². The Morgan fingerprint density at radius 1 is 1.33 bits per heavy atom. The van der Waals surface area contributed by atoms with Crippen molar-refractivity contribution in [3.63, 3.8) is 0 Å². The van der Waals surface area contributed by atoms with Gasteiger partial charge in [0, 0.05) is 5.92 Å². The van der Waals surface area contributed by atoms with Crippen LogP contribution < -0.4 is 5.32 Å². The molecule has 0 aromatic rings. The van der Waals surface area contributed by atoms with E-state index in [9.17, 15) is 14.7 Å². The molecule has 2 N–H and O–H groups in total. The second-order valence-electron chi connectivity index (χ2n) is 7.08. The average molecular weight is 255 g/mol. The Bertz CT molecular complexity index is 341. The number of carboxylic acids is 1. The maximum Gasteiger partial charge on any atom is 0.326 e. The van der Waals surface area contributed by atoms with Crippen molar-refractivity contribution in [2.24, 2.45) is 16.7 Å². The highest BCUT2D eigenvalue weighted by atomic mass is 16.4. The Balaban J connectivity index is 2.77. The number of hydrogen-bond donors (Lipinski definition) is 2. The van der Waals surface area contributed by atoms with E-state index < -0.39 is 17.4 Å². The van der Waals surface area contributed by atoms with Crippen molar-refractivity contribution < 1.29 is 14.7 Å². The molecule has 0 saturated heterocycles. The van der Waals surface area contributed by atoms with Crippen LogP contribution >= 0.6 is 0 Å². The van der Waals surface area contributed by atoms with Crippen molar-refractivity contribution in [1.29, 1.82) is 0 Å². The number of carbonyl (C=O) groups is 2. The van der Waals surface area contributed by atoms with Gasteiger partial charge in [0.05, 0.1) is 0 Å². The third-order valence-electron chi connectivity index (χ3n) is 3.97. The van der Waals surface area contributed by atoms with Gasteiger partial charge in [-0.25, -0.2) is 4.79 Å². The molecule has 0 aromatic heterocycles. The van der Waals surface area contributed by atoms with Crippen molar-refractivity contribution in [3.05, 3.63) is 0 Å². The summed E-state index contributed by atoms with van der Waals surface area (Å²) in [6, 6.07) is -0.832. The van der Waals surface area contributed by atoms with E-state index in [1.165, 1.54) is 0 Å². The normalized spacial score (nSPS) is 24.6. The molecule has 0 heterocycles. The fraction of sp³-hybridized carbons (Fsp3) is 0.857. The molecule has 18 heavy (non-hydrogen) atoms. The van der Waals surface area contributed by atoms with Gasteiger partial charge >= 0.3 is 5.97 Å². The molecule has 0 bridgehead atoms. The summed E-state index contributed by atoms with van der Waals surface area (Å²) < 4.78 is 0. The minimum Gasteiger partial charge on any atom is -0.480 e. The van der Waals surface area contributed by atoms with E-state index in [-0.39, 0.29) is 17.2 Å². The zero-order chi connectivity index (χ0) is 14.1. The number of aliphatic carboxylic acids is 1. The summed E-state index contributed by atoms with van der Waals surface area (Å²) >= 11 is 0. The average Bonchev–Trinajstić information content (AvgIpc) is 2.51. The van der Waals surface area contributed by atoms with Gasteiger partial charge in [0.1, 0.15) is 6.04 Å². The van der Waals surface area contributed by atoms with E-state index in [2.05, 4.69) is 19.2 Å². The Kier molecular flexibility index (Phi) is 4.08. The fourth-order valence-corrected chi connectivity index (χ4v) is 2.70. The smallest absolute Gasteiger partial charge is 0.326 e. The van der Waals surface area contributed by atoms with Crippen LogP contribution in [0.25, 0.3) is 0 Å². The van der Waals surface area contributed by atoms with Crippen LogP contribution in [0.3, 0.4) is 0 Å². The van der Waals surface area contributed by atoms with E-state index in [0.29, 0.717) is 0 Å². The van der Waals surface area contributed by atoms with E-state index in [0.717, 1.165) is 19.3 Å². The molecular formula is C14H25NO3. The minimum atomic E-state index is -0.966. The van der Waals surface area contributed by atoms with Crippen molar-refractivity contribution in [1.82, 2.24) is 5.32 Å². The predicted octanol–water partition coefficient (Wildman–Crippen LogP) is 2.43. The Hall–Kier alpha value is -1.06. The number of nitrogens with one attached hydrogen (secondary N) is 1. The number of carboxylic acid groups (broad SMARTS) is 1. The molecule has 0 radical (unpaired) electrons. The highest BCUT2D eigenvalue weighted by Crippen LogP contribution is 2.42. The summed E-state index contributed by atoms with van der Waals surface area (Å²) in [5.74, 6) is -1.15. The lowest BCUT2D eigenvalue weighted by Crippen LogP contribution is -2.51. The topological polar surface area (TPSA) is 66.4 Å². The van der Waals surface area contributed by atoms with Crippen LogP contribution in [0.4, 0.5) is 0 Å². The summed E-state index contributed by atoms with van der Waals surface area (Å²) in [6.45, 7) is 9.64. The fourth-order valence-electron chi connectivity index (χ4n) is 2.70. The number of hydrogen-bond acceptors (Lipinski definition) is 2. The van der Waals surface area contributed by atoms with Crippen molar-refractivity contribution in [3.8, 4) is 0 Å². The molecule has 0 aromatic carbocycles. The first-order chi connectivity index (χ1) is 8.05. The molecule has 104 valence electrons. The number of rotatable bonds is 3. The second-order valence-corrected chi connectivity index (χ2v) is 7.08. The maximum absolute atomic E-state index is 12.2. The summed E-state index contributed by atoms with van der Waals surface area (Å²) in [5.41, 5.74) is -0.505. The quantitative estimate of drug-likeness (QED) is 0.814. The summed E-state index contributed by atoms with van der Waals surface area (Å²) in [6.07, 6.45) is 2.92. The molecule has 1 fully saturated rings. The molecule has 4 nitrogen and oxygen atoms in total. The Morgan fingerprint density at radius 2 is 1.89 bits per heavy atom. The predicted molar refractivity (Wildman–Crippen MR) is 70.1 cm³/mol. The van der Waals surface area contributed by atoms with Crippen LogP contribution in [0.1, 0.15) is 53.9 Å². The lowest BCUT2D eigenvalue weighted by Gasteiger charge is -2.32. The van der Waals surface area contributed by atoms with E-state index in [1.54, 1.807) is 0 Å². The Labute approximate surface area is 109 Å². The standard InChI is InChI=1S/C14H25NO3/c1-13(2,3)10(12(17)18)15-11(16)9-7-6-8-14(9,4)5/h9-10H,6-8H2,1-5H3,(H,15,16)(H,17,18)/t9?,10-/m0/s1. The molecule has 1 rings (SSSR count). The van der Waals surface area contributed by atoms with Gasteiger partial charge in [0.2, 0.25) is 5.91 Å². The molecule has 2 atom stereocenters. The van der Waals surface area contributed by atoms with Gasteiger partial charge in [-0.1, -0.05) is 41.0 Å². The first kappa shape index (κ1) is 15.0. The molecule has 0 aliphatic heterocycles. The molecule has 4 heteroatoms. The van der Waals surface area contributed by atoms with E-state index >= 15 is 0 Å². The van der Waals surface area contributed by atoms with Crippen molar-refractivity contribution >= 4 is 11.9 Å². The van der Waals surface area contributed by atoms with Crippen LogP contribution in [-0.2, 0) is 9.59 Å². The van der Waals surface area contributed by atoms with Crippen molar-refractivity contribution in [2.75, 3.05) is 0 Å². The Morgan fingerprint density at radius 3 is 2.22 bits per heavy atom. The van der Waals surface area contributed by atoms with Gasteiger partial charge in [0.25, 0.3) is 0 Å². The number of amides is 1. The minimum absolute atomic E-state index is 0.0228. The van der Waals surface area contributed by atoms with Gasteiger partial charge in [-0.15, -0.1) is 0 Å². The van der Waals surface area contributed by atoms with Crippen LogP contribution in [0.5, 0.6) is 0 Å². The first-order valence-electron chi connectivity index (χ1n) is 6.59. The molecule has 1 unspecified atom stereocenters. The van der Waals surface area contributed by atoms with Gasteiger partial charge in [-0.2, -0.15) is 0 Å². The molecule has 1 amide bonds. The van der Waals surface area contributed by atoms with Crippen molar-refractivity contribution in [2.45, 2.75) is 59.9 Å². The van der Waals surface area contributed by atoms with Gasteiger partial charge in [-0.05, 0) is 23.7 Å². The van der Waals surface area contributed by atoms with Gasteiger partial charge in [0.15, 0.2) is 0 Å². The summed E-state index contributed by atoms with van der Waals surface area (Å²) in [7, 11) is 0. The van der Waals surface area contributed by atoms with Crippen LogP contribution in [0.2, 0.25) is 0 Å². The molecule has 1 aliphatic rings. The molecule has 1 saturated carbocycles. The molecule has 1 aliphatic carbocycles. The third-order valence-corrected chi connectivity index (χ3v) is 3.97. The maximum atomic E-state index is 12.2. The van der Waals surface area contributed by atoms with Gasteiger partial charge < -0.3 is 10.4 Å². The molecular weight excluding hydrogens is 230 g/mol. The van der Waals surface area contributed by atoms with Crippen LogP contribution in [-0.4, -0.2) is 23.0 Å². The monoisotopic (exact) mass is 255 g/mol. The SMILES string of the molecule is CC1(C)CCCC1C(=O)N[C@@H](C(=O)O)C(C)(C)C. The van der Waals surface area contributed by atoms with Crippen LogP contribution in [0.15, 0.2) is 0 Å². The summed E-state index contributed by atoms with van der Waals surface area (Å²) in [5, 5.41) is 11.9.